The van der Waals surface area contributed by atoms with Crippen LogP contribution in [0, 0.1) is 5.92 Å². The number of piperidine rings is 1. The first-order chi connectivity index (χ1) is 15.6. The average molecular weight is 436 g/mol. The molecule has 2 aliphatic heterocycles. The normalized spacial score (nSPS) is 22.7. The molecule has 4 heterocycles. The summed E-state index contributed by atoms with van der Waals surface area (Å²) in [5.74, 6) is -0.0320. The molecule has 8 nitrogen and oxygen atoms in total. The van der Waals surface area contributed by atoms with E-state index in [2.05, 4.69) is 15.6 Å². The van der Waals surface area contributed by atoms with Crippen LogP contribution >= 0.6 is 0 Å². The molecule has 2 N–H and O–H groups in total. The van der Waals surface area contributed by atoms with Crippen LogP contribution in [0.3, 0.4) is 0 Å². The highest BCUT2D eigenvalue weighted by Gasteiger charge is 2.37. The molecule has 0 radical (unpaired) electrons. The first kappa shape index (κ1) is 20.7. The number of nitrogens with one attached hydrogen (secondary N) is 2. The third-order valence-corrected chi connectivity index (χ3v) is 6.97. The predicted octanol–water partition coefficient (Wildman–Crippen LogP) is 2.96. The molecular formula is C24H29N5O3. The minimum Gasteiger partial charge on any atom is -0.335 e. The number of hydrogen-bond donors (Lipinski definition) is 2. The summed E-state index contributed by atoms with van der Waals surface area (Å²) in [5.41, 5.74) is 1.28. The van der Waals surface area contributed by atoms with Crippen molar-refractivity contribution in [2.75, 3.05) is 18.4 Å². The highest BCUT2D eigenvalue weighted by molar-refractivity contribution is 6.02. The van der Waals surface area contributed by atoms with Crippen molar-refractivity contribution in [3.05, 3.63) is 58.3 Å². The zero-order chi connectivity index (χ0) is 22.1. The Morgan fingerprint density at radius 1 is 1.00 bits per heavy atom. The molecule has 1 saturated carbocycles. The maximum absolute atomic E-state index is 13.1. The van der Waals surface area contributed by atoms with Crippen LogP contribution in [0.15, 0.2) is 41.3 Å². The molecule has 8 heteroatoms. The van der Waals surface area contributed by atoms with E-state index in [1.165, 1.54) is 19.3 Å². The predicted molar refractivity (Wildman–Crippen MR) is 121 cm³/mol. The molecule has 2 bridgehead atoms. The maximum atomic E-state index is 13.1. The molecule has 5 rings (SSSR count). The molecule has 2 aromatic rings. The van der Waals surface area contributed by atoms with Crippen LogP contribution in [0.2, 0.25) is 0 Å². The minimum absolute atomic E-state index is 0.0293. The van der Waals surface area contributed by atoms with Gasteiger partial charge >= 0.3 is 6.03 Å². The highest BCUT2D eigenvalue weighted by atomic mass is 16.2. The summed E-state index contributed by atoms with van der Waals surface area (Å²) in [6.07, 6.45) is 8.29. The summed E-state index contributed by atoms with van der Waals surface area (Å²) in [7, 11) is 0. The summed E-state index contributed by atoms with van der Waals surface area (Å²) in [5, 5.41) is 5.93. The fraction of sp³-hybridized carbons (Fsp3) is 0.500. The Morgan fingerprint density at radius 2 is 1.84 bits per heavy atom. The zero-order valence-electron chi connectivity index (χ0n) is 18.1. The van der Waals surface area contributed by atoms with Crippen LogP contribution in [-0.4, -0.2) is 45.5 Å². The Morgan fingerprint density at radius 3 is 2.62 bits per heavy atom. The van der Waals surface area contributed by atoms with Gasteiger partial charge in [-0.15, -0.1) is 0 Å². The Labute approximate surface area is 187 Å². The number of anilines is 1. The number of aromatic nitrogens is 2. The molecule has 2 atom stereocenters. The van der Waals surface area contributed by atoms with Crippen molar-refractivity contribution >= 4 is 17.6 Å². The summed E-state index contributed by atoms with van der Waals surface area (Å²) in [4.78, 5) is 44.4. The molecule has 2 fully saturated rings. The molecule has 0 spiro atoms. The topological polar surface area (TPSA) is 96.3 Å². The van der Waals surface area contributed by atoms with Gasteiger partial charge in [0.2, 0.25) is 0 Å². The van der Waals surface area contributed by atoms with Crippen molar-refractivity contribution in [3.8, 4) is 0 Å². The number of hydrogen-bond acceptors (Lipinski definition) is 4. The quantitative estimate of drug-likeness (QED) is 0.775. The number of urea groups is 1. The van der Waals surface area contributed by atoms with Gasteiger partial charge in [0.15, 0.2) is 0 Å². The lowest BCUT2D eigenvalue weighted by Gasteiger charge is -2.43. The number of carbonyl (C=O) groups is 2. The van der Waals surface area contributed by atoms with Crippen molar-refractivity contribution in [1.82, 2.24) is 19.8 Å². The van der Waals surface area contributed by atoms with Gasteiger partial charge in [0.25, 0.3) is 11.5 Å². The molecule has 32 heavy (non-hydrogen) atoms. The molecule has 2 aromatic heterocycles. The Kier molecular flexibility index (Phi) is 5.68. The monoisotopic (exact) mass is 435 g/mol. The second-order valence-corrected chi connectivity index (χ2v) is 9.24. The summed E-state index contributed by atoms with van der Waals surface area (Å²) < 4.78 is 1.78. The Balaban J connectivity index is 1.30. The first-order valence-corrected chi connectivity index (χ1v) is 11.6. The molecule has 1 aliphatic carbocycles. The lowest BCUT2D eigenvalue weighted by molar-refractivity contribution is 0.102. The van der Waals surface area contributed by atoms with Crippen LogP contribution in [0.4, 0.5) is 10.5 Å². The van der Waals surface area contributed by atoms with Gasteiger partial charge in [-0.2, -0.15) is 0 Å². The van der Waals surface area contributed by atoms with Crippen molar-refractivity contribution in [3.63, 3.8) is 0 Å². The van der Waals surface area contributed by atoms with E-state index in [9.17, 15) is 14.4 Å². The van der Waals surface area contributed by atoms with E-state index in [0.29, 0.717) is 19.6 Å². The van der Waals surface area contributed by atoms with Gasteiger partial charge in [0.05, 0.1) is 0 Å². The van der Waals surface area contributed by atoms with Gasteiger partial charge in [-0.3, -0.25) is 14.6 Å². The number of fused-ring (bicyclic) bond motifs is 4. The Hall–Kier alpha value is -3.16. The molecule has 3 amide bonds. The fourth-order valence-corrected chi connectivity index (χ4v) is 5.40. The van der Waals surface area contributed by atoms with E-state index in [4.69, 9.17) is 0 Å². The number of nitrogens with zero attached hydrogens (tertiary/aromatic N) is 3. The first-order valence-electron chi connectivity index (χ1n) is 11.6. The molecule has 0 unspecified atom stereocenters. The van der Waals surface area contributed by atoms with Crippen molar-refractivity contribution in [2.24, 2.45) is 5.92 Å². The average Bonchev–Trinajstić information content (AvgIpc) is 2.82. The number of rotatable bonds is 3. The molecule has 0 aromatic carbocycles. The highest BCUT2D eigenvalue weighted by Crippen LogP contribution is 2.35. The van der Waals surface area contributed by atoms with Gasteiger partial charge in [-0.05, 0) is 49.4 Å². The lowest BCUT2D eigenvalue weighted by atomic mass is 9.83. The molecule has 3 aliphatic rings. The standard InChI is InChI=1S/C24H29N5O3/c30-22(19-8-4-5-11-25-19)27-20-9-10-21-17-12-16(14-29(21)23(20)31)13-28(15-17)24(32)26-18-6-2-1-3-7-18/h4-5,8-11,16-18H,1-3,6-7,12-15H2,(H,26,32)(H,27,30)/t16-,17+/m0/s1. The van der Waals surface area contributed by atoms with Crippen LogP contribution in [0.25, 0.3) is 0 Å². The van der Waals surface area contributed by atoms with Gasteiger partial charge in [-0.25, -0.2) is 4.79 Å². The number of pyridine rings is 2. The second kappa shape index (κ2) is 8.76. The lowest BCUT2D eigenvalue weighted by Crippen LogP contribution is -2.53. The molecular weight excluding hydrogens is 406 g/mol. The van der Waals surface area contributed by atoms with Gasteiger partial charge in [0.1, 0.15) is 11.4 Å². The van der Waals surface area contributed by atoms with Crippen LogP contribution in [0.1, 0.15) is 60.6 Å². The van der Waals surface area contributed by atoms with Crippen LogP contribution in [-0.2, 0) is 6.54 Å². The van der Waals surface area contributed by atoms with Gasteiger partial charge in [0, 0.05) is 43.5 Å². The Bertz CT molecular complexity index is 1060. The maximum Gasteiger partial charge on any atom is 0.317 e. The number of likely N-dealkylation sites (tertiary alicyclic amines) is 1. The second-order valence-electron chi connectivity index (χ2n) is 9.24. The largest absolute Gasteiger partial charge is 0.335 e. The summed E-state index contributed by atoms with van der Waals surface area (Å²) >= 11 is 0. The van der Waals surface area contributed by atoms with Crippen molar-refractivity contribution in [2.45, 2.75) is 57.0 Å². The SMILES string of the molecule is O=C(Nc1ccc2n(c1=O)C[C@H]1C[C@@H]2CN(C(=O)NC2CCCCC2)C1)c1ccccn1. The molecule has 1 saturated heterocycles. The van der Waals surface area contributed by atoms with E-state index in [0.717, 1.165) is 25.0 Å². The third-order valence-electron chi connectivity index (χ3n) is 6.97. The molecule has 168 valence electrons. The number of amides is 3. The van der Waals surface area contributed by atoms with Gasteiger partial charge < -0.3 is 20.1 Å². The third kappa shape index (κ3) is 4.13. The van der Waals surface area contributed by atoms with Gasteiger partial charge in [-0.1, -0.05) is 25.3 Å². The van der Waals surface area contributed by atoms with Crippen molar-refractivity contribution in [1.29, 1.82) is 0 Å². The van der Waals surface area contributed by atoms with Crippen LogP contribution < -0.4 is 16.2 Å². The summed E-state index contributed by atoms with van der Waals surface area (Å²) in [6.45, 7) is 1.84. The number of carbonyl (C=O) groups excluding carboxylic acids is 2. The van der Waals surface area contributed by atoms with E-state index in [1.54, 1.807) is 35.0 Å². The van der Waals surface area contributed by atoms with E-state index in [1.807, 2.05) is 11.0 Å². The van der Waals surface area contributed by atoms with E-state index < -0.39 is 5.91 Å². The van der Waals surface area contributed by atoms with Crippen molar-refractivity contribution < 1.29 is 9.59 Å². The fourth-order valence-electron chi connectivity index (χ4n) is 5.40. The zero-order valence-corrected chi connectivity index (χ0v) is 18.1. The smallest absolute Gasteiger partial charge is 0.317 e. The van der Waals surface area contributed by atoms with Crippen LogP contribution in [0.5, 0.6) is 0 Å². The summed E-state index contributed by atoms with van der Waals surface area (Å²) in [6, 6.07) is 9.00. The van der Waals surface area contributed by atoms with E-state index >= 15 is 0 Å². The van der Waals surface area contributed by atoms with E-state index in [-0.39, 0.29) is 40.8 Å². The minimum atomic E-state index is -0.398.